The minimum Gasteiger partial charge on any atom is -0.497 e. The van der Waals surface area contributed by atoms with E-state index in [-0.39, 0.29) is 5.24 Å². The lowest BCUT2D eigenvalue weighted by Crippen LogP contribution is -2.33. The second-order valence-electron chi connectivity index (χ2n) is 8.16. The van der Waals surface area contributed by atoms with Crippen molar-refractivity contribution in [2.24, 2.45) is 0 Å². The summed E-state index contributed by atoms with van der Waals surface area (Å²) in [4.78, 5) is 27.7. The van der Waals surface area contributed by atoms with E-state index >= 15 is 0 Å². The predicted molar refractivity (Wildman–Crippen MR) is 139 cm³/mol. The van der Waals surface area contributed by atoms with Crippen LogP contribution in [0.2, 0.25) is 0 Å². The van der Waals surface area contributed by atoms with Crippen molar-refractivity contribution in [3.05, 3.63) is 78.4 Å². The number of methoxy groups -OCH3 is 2. The zero-order valence-corrected chi connectivity index (χ0v) is 20.9. The van der Waals surface area contributed by atoms with Crippen LogP contribution in [-0.2, 0) is 9.53 Å². The molecule has 3 aromatic rings. The molecule has 3 aromatic carbocycles. The minimum absolute atomic E-state index is 0.215. The fourth-order valence-electron chi connectivity index (χ4n) is 4.12. The Kier molecular flexibility index (Phi) is 7.98. The fraction of sp³-hybridized carbons (Fsp3) is 0.286. The zero-order chi connectivity index (χ0) is 24.8. The molecule has 6 nitrogen and oxygen atoms in total. The smallest absolute Gasteiger partial charge is 0.321 e. The van der Waals surface area contributed by atoms with E-state index in [1.54, 1.807) is 12.0 Å². The van der Waals surface area contributed by atoms with E-state index in [0.29, 0.717) is 23.8 Å². The number of nitrogens with zero attached hydrogens (tertiary/aromatic N) is 1. The van der Waals surface area contributed by atoms with Gasteiger partial charge in [0, 0.05) is 17.3 Å². The Bertz CT molecular complexity index is 1170. The molecular formula is C28H29NO5S. The Morgan fingerprint density at radius 1 is 0.971 bits per heavy atom. The average Bonchev–Trinajstić information content (AvgIpc) is 3.25. The van der Waals surface area contributed by atoms with Gasteiger partial charge in [0.15, 0.2) is 0 Å². The summed E-state index contributed by atoms with van der Waals surface area (Å²) in [6.07, 6.45) is 1.88. The van der Waals surface area contributed by atoms with E-state index in [0.717, 1.165) is 41.3 Å². The van der Waals surface area contributed by atoms with Gasteiger partial charge in [0.1, 0.15) is 16.7 Å². The molecular weight excluding hydrogens is 462 g/mol. The molecule has 0 radical (unpaired) electrons. The third-order valence-electron chi connectivity index (χ3n) is 5.97. The number of hydrogen-bond acceptors (Lipinski definition) is 6. The summed E-state index contributed by atoms with van der Waals surface area (Å²) in [5.41, 5.74) is 3.58. The van der Waals surface area contributed by atoms with Gasteiger partial charge in [-0.2, -0.15) is 0 Å². The number of anilines is 1. The van der Waals surface area contributed by atoms with E-state index < -0.39 is 17.3 Å². The maximum atomic E-state index is 13.3. The van der Waals surface area contributed by atoms with Gasteiger partial charge in [-0.05, 0) is 53.6 Å². The predicted octanol–water partition coefficient (Wildman–Crippen LogP) is 6.50. The lowest BCUT2D eigenvalue weighted by atomic mass is 9.99. The van der Waals surface area contributed by atoms with Gasteiger partial charge >= 0.3 is 5.97 Å². The minimum atomic E-state index is -0.733. The Morgan fingerprint density at radius 2 is 1.69 bits per heavy atom. The number of carbonyl (C=O) groups is 2. The Balaban J connectivity index is 1.76. The topological polar surface area (TPSA) is 65.1 Å². The maximum Gasteiger partial charge on any atom is 0.321 e. The number of ether oxygens (including phenoxy) is 3. The molecule has 0 bridgehead atoms. The summed E-state index contributed by atoms with van der Waals surface area (Å²) in [5.74, 6) is 0.788. The molecule has 0 unspecified atom stereocenters. The van der Waals surface area contributed by atoms with Crippen LogP contribution in [0.25, 0.3) is 11.1 Å². The van der Waals surface area contributed by atoms with Gasteiger partial charge in [-0.3, -0.25) is 14.5 Å². The average molecular weight is 492 g/mol. The summed E-state index contributed by atoms with van der Waals surface area (Å²) in [6, 6.07) is 22.7. The van der Waals surface area contributed by atoms with Crippen LogP contribution in [0, 0.1) is 0 Å². The number of carbonyl (C=O) groups excluding carboxylic acids is 2. The molecule has 7 heteroatoms. The van der Waals surface area contributed by atoms with E-state index in [2.05, 4.69) is 6.92 Å². The van der Waals surface area contributed by atoms with Crippen LogP contribution in [-0.4, -0.2) is 37.3 Å². The molecule has 0 N–H and O–H groups in total. The highest BCUT2D eigenvalue weighted by Gasteiger charge is 2.48. The number of rotatable bonds is 9. The van der Waals surface area contributed by atoms with E-state index in [1.807, 2.05) is 72.8 Å². The molecule has 0 aliphatic carbocycles. The van der Waals surface area contributed by atoms with Crippen molar-refractivity contribution in [1.29, 1.82) is 0 Å². The first kappa shape index (κ1) is 24.7. The highest BCUT2D eigenvalue weighted by atomic mass is 32.2. The summed E-state index contributed by atoms with van der Waals surface area (Å²) in [7, 11) is 2.94. The Labute approximate surface area is 210 Å². The lowest BCUT2D eigenvalue weighted by molar-refractivity contribution is -0.140. The van der Waals surface area contributed by atoms with Crippen LogP contribution in [0.5, 0.6) is 11.5 Å². The third kappa shape index (κ3) is 5.30. The van der Waals surface area contributed by atoms with Crippen LogP contribution in [0.4, 0.5) is 10.5 Å². The maximum absolute atomic E-state index is 13.3. The molecule has 1 fully saturated rings. The van der Waals surface area contributed by atoms with Crippen molar-refractivity contribution in [3.63, 3.8) is 0 Å². The molecule has 1 aliphatic heterocycles. The first-order valence-corrected chi connectivity index (χ1v) is 12.5. The zero-order valence-electron chi connectivity index (χ0n) is 20.1. The molecule has 0 aromatic heterocycles. The quantitative estimate of drug-likeness (QED) is 0.252. The molecule has 1 amide bonds. The standard InChI is InChI=1S/C28H29NO5S/c1-4-5-17-34-24-18-22(32-2)15-16-23(24)25-26(27(30)33-3)35-28(31)29(25)21-13-11-20(12-14-21)19-9-7-6-8-10-19/h6-16,18,25-26H,4-5,17H2,1-3H3/t25-,26+/m1/s1. The molecule has 1 heterocycles. The van der Waals surface area contributed by atoms with Crippen molar-refractivity contribution in [1.82, 2.24) is 0 Å². The number of amides is 1. The number of esters is 1. The highest BCUT2D eigenvalue weighted by molar-refractivity contribution is 8.15. The molecule has 35 heavy (non-hydrogen) atoms. The Morgan fingerprint density at radius 3 is 2.34 bits per heavy atom. The van der Waals surface area contributed by atoms with Gasteiger partial charge in [0.05, 0.1) is 26.9 Å². The van der Waals surface area contributed by atoms with E-state index in [9.17, 15) is 9.59 Å². The van der Waals surface area contributed by atoms with Gasteiger partial charge < -0.3 is 14.2 Å². The van der Waals surface area contributed by atoms with Gasteiger partial charge in [-0.25, -0.2) is 0 Å². The summed E-state index contributed by atoms with van der Waals surface area (Å²) in [6.45, 7) is 2.62. The van der Waals surface area contributed by atoms with Crippen molar-refractivity contribution in [2.75, 3.05) is 25.7 Å². The highest BCUT2D eigenvalue weighted by Crippen LogP contribution is 2.48. The SMILES string of the molecule is CCCCOc1cc(OC)ccc1[C@@H]1[C@@H](C(=O)OC)SC(=O)N1c1ccc(-c2ccccc2)cc1. The largest absolute Gasteiger partial charge is 0.497 e. The number of unbranched alkanes of at least 4 members (excludes halogenated alkanes) is 1. The summed E-state index contributed by atoms with van der Waals surface area (Å²) < 4.78 is 16.6. The first-order chi connectivity index (χ1) is 17.1. The molecule has 1 saturated heterocycles. The van der Waals surface area contributed by atoms with Crippen LogP contribution < -0.4 is 14.4 Å². The van der Waals surface area contributed by atoms with E-state index in [1.165, 1.54) is 7.11 Å². The number of thioether (sulfide) groups is 1. The molecule has 2 atom stereocenters. The van der Waals surface area contributed by atoms with Crippen molar-refractivity contribution in [2.45, 2.75) is 31.1 Å². The fourth-order valence-corrected chi connectivity index (χ4v) is 5.26. The van der Waals surface area contributed by atoms with Crippen molar-refractivity contribution >= 4 is 28.7 Å². The van der Waals surface area contributed by atoms with E-state index in [4.69, 9.17) is 14.2 Å². The lowest BCUT2D eigenvalue weighted by Gasteiger charge is -2.28. The van der Waals surface area contributed by atoms with Crippen molar-refractivity contribution < 1.29 is 23.8 Å². The number of benzene rings is 3. The van der Waals surface area contributed by atoms with Crippen LogP contribution >= 0.6 is 11.8 Å². The molecule has 4 rings (SSSR count). The normalized spacial score (nSPS) is 17.3. The Hall–Kier alpha value is -3.45. The monoisotopic (exact) mass is 491 g/mol. The molecule has 1 aliphatic rings. The van der Waals surface area contributed by atoms with Crippen LogP contribution in [0.1, 0.15) is 31.4 Å². The van der Waals surface area contributed by atoms with Crippen LogP contribution in [0.3, 0.4) is 0 Å². The van der Waals surface area contributed by atoms with Gasteiger partial charge in [-0.15, -0.1) is 0 Å². The second-order valence-corrected chi connectivity index (χ2v) is 9.25. The van der Waals surface area contributed by atoms with Gasteiger partial charge in [0.2, 0.25) is 0 Å². The molecule has 0 saturated carbocycles. The van der Waals surface area contributed by atoms with Gasteiger partial charge in [-0.1, -0.05) is 55.8 Å². The third-order valence-corrected chi connectivity index (χ3v) is 7.07. The first-order valence-electron chi connectivity index (χ1n) is 11.6. The van der Waals surface area contributed by atoms with Crippen molar-refractivity contribution in [3.8, 4) is 22.6 Å². The summed E-state index contributed by atoms with van der Waals surface area (Å²) in [5, 5.41) is -0.948. The second kappa shape index (κ2) is 11.3. The summed E-state index contributed by atoms with van der Waals surface area (Å²) >= 11 is 0.977. The molecule has 0 spiro atoms. The number of hydrogen-bond donors (Lipinski definition) is 0. The van der Waals surface area contributed by atoms with Crippen LogP contribution in [0.15, 0.2) is 72.8 Å². The van der Waals surface area contributed by atoms with Gasteiger partial charge in [0.25, 0.3) is 5.24 Å². The molecule has 182 valence electrons.